The number of aromatic nitrogens is 1. The molecule has 0 spiro atoms. The molecule has 0 bridgehead atoms. The largest absolute Gasteiger partial charge is 0.385 e. The summed E-state index contributed by atoms with van der Waals surface area (Å²) in [5.41, 5.74) is 2.43. The molecular weight excluding hydrogens is 246 g/mol. The van der Waals surface area contributed by atoms with Gasteiger partial charge in [-0.05, 0) is 30.5 Å². The number of amidine groups is 1. The molecule has 5 heteroatoms. The molecule has 1 aromatic rings. The highest BCUT2D eigenvalue weighted by Crippen LogP contribution is 2.17. The van der Waals surface area contributed by atoms with Crippen LogP contribution in [-0.4, -0.2) is 35.7 Å². The highest BCUT2D eigenvalue weighted by molar-refractivity contribution is 8.14. The topological polar surface area (TPSA) is 46.5 Å². The summed E-state index contributed by atoms with van der Waals surface area (Å²) in [4.78, 5) is 8.73. The van der Waals surface area contributed by atoms with Crippen molar-refractivity contribution in [1.29, 1.82) is 0 Å². The van der Waals surface area contributed by atoms with Crippen LogP contribution >= 0.6 is 11.8 Å². The number of methoxy groups -OCH3 is 1. The first-order valence-electron chi connectivity index (χ1n) is 6.12. The van der Waals surface area contributed by atoms with Gasteiger partial charge in [-0.25, -0.2) is 0 Å². The Bertz CT molecular complexity index is 422. The molecule has 1 N–H and O–H groups in total. The Kier molecular flexibility index (Phi) is 5.01. The SMILES string of the molecule is COCCC1CSC(=NCc2cnccc2C)N1. The summed E-state index contributed by atoms with van der Waals surface area (Å²) in [6, 6.07) is 2.51. The van der Waals surface area contributed by atoms with Gasteiger partial charge in [-0.1, -0.05) is 11.8 Å². The summed E-state index contributed by atoms with van der Waals surface area (Å²) in [6.07, 6.45) is 4.74. The second-order valence-corrected chi connectivity index (χ2v) is 5.37. The Morgan fingerprint density at radius 1 is 1.61 bits per heavy atom. The molecule has 1 unspecified atom stereocenters. The van der Waals surface area contributed by atoms with E-state index in [0.29, 0.717) is 12.6 Å². The number of pyridine rings is 1. The number of rotatable bonds is 5. The van der Waals surface area contributed by atoms with E-state index >= 15 is 0 Å². The Morgan fingerprint density at radius 2 is 2.50 bits per heavy atom. The third kappa shape index (κ3) is 3.71. The minimum absolute atomic E-state index is 0.490. The lowest BCUT2D eigenvalue weighted by Gasteiger charge is -2.08. The van der Waals surface area contributed by atoms with Crippen LogP contribution in [0.5, 0.6) is 0 Å². The molecular formula is C13H19N3OS. The first kappa shape index (κ1) is 13.4. The van der Waals surface area contributed by atoms with Gasteiger partial charge >= 0.3 is 0 Å². The molecule has 1 aliphatic heterocycles. The standard InChI is InChI=1S/C13H19N3OS/c1-10-3-5-14-7-11(10)8-15-13-16-12(9-18-13)4-6-17-2/h3,5,7,12H,4,6,8-9H2,1-2H3,(H,15,16). The highest BCUT2D eigenvalue weighted by Gasteiger charge is 2.19. The molecule has 98 valence electrons. The number of hydrogen-bond donors (Lipinski definition) is 1. The predicted molar refractivity (Wildman–Crippen MR) is 76.0 cm³/mol. The number of nitrogens with one attached hydrogen (secondary N) is 1. The van der Waals surface area contributed by atoms with Crippen molar-refractivity contribution in [3.63, 3.8) is 0 Å². The average Bonchev–Trinajstić information content (AvgIpc) is 2.83. The van der Waals surface area contributed by atoms with Crippen LogP contribution in [-0.2, 0) is 11.3 Å². The summed E-state index contributed by atoms with van der Waals surface area (Å²) in [5, 5.41) is 4.47. The fourth-order valence-corrected chi connectivity index (χ4v) is 2.78. The van der Waals surface area contributed by atoms with Crippen molar-refractivity contribution in [3.8, 4) is 0 Å². The van der Waals surface area contributed by atoms with Crippen LogP contribution in [0, 0.1) is 6.92 Å². The van der Waals surface area contributed by atoms with Gasteiger partial charge in [0.25, 0.3) is 0 Å². The smallest absolute Gasteiger partial charge is 0.157 e. The highest BCUT2D eigenvalue weighted by atomic mass is 32.2. The predicted octanol–water partition coefficient (Wildman–Crippen LogP) is 1.99. The van der Waals surface area contributed by atoms with E-state index in [-0.39, 0.29) is 0 Å². The molecule has 0 amide bonds. The summed E-state index contributed by atoms with van der Waals surface area (Å²) in [7, 11) is 1.74. The van der Waals surface area contributed by atoms with E-state index < -0.39 is 0 Å². The van der Waals surface area contributed by atoms with Crippen molar-refractivity contribution < 1.29 is 4.74 Å². The molecule has 0 aliphatic carbocycles. The van der Waals surface area contributed by atoms with Crippen LogP contribution in [0.15, 0.2) is 23.5 Å². The summed E-state index contributed by atoms with van der Waals surface area (Å²) < 4.78 is 5.09. The minimum Gasteiger partial charge on any atom is -0.385 e. The molecule has 0 saturated carbocycles. The maximum Gasteiger partial charge on any atom is 0.157 e. The molecule has 1 fully saturated rings. The lowest BCUT2D eigenvalue weighted by atomic mass is 10.2. The van der Waals surface area contributed by atoms with E-state index in [4.69, 9.17) is 4.74 Å². The van der Waals surface area contributed by atoms with Crippen molar-refractivity contribution in [2.45, 2.75) is 25.9 Å². The molecule has 0 aromatic carbocycles. The summed E-state index contributed by atoms with van der Waals surface area (Å²) >= 11 is 1.79. The van der Waals surface area contributed by atoms with Gasteiger partial charge in [0, 0.05) is 37.9 Å². The fraction of sp³-hybridized carbons (Fsp3) is 0.538. The number of nitrogens with zero attached hydrogens (tertiary/aromatic N) is 2. The van der Waals surface area contributed by atoms with E-state index in [1.807, 2.05) is 18.5 Å². The zero-order valence-corrected chi connectivity index (χ0v) is 11.7. The van der Waals surface area contributed by atoms with Gasteiger partial charge in [-0.2, -0.15) is 0 Å². The Morgan fingerprint density at radius 3 is 3.28 bits per heavy atom. The average molecular weight is 265 g/mol. The number of ether oxygens (including phenoxy) is 1. The number of aryl methyl sites for hydroxylation is 1. The number of hydrogen-bond acceptors (Lipinski definition) is 4. The Balaban J connectivity index is 1.86. The molecule has 4 nitrogen and oxygen atoms in total. The van der Waals surface area contributed by atoms with Crippen LogP contribution in [0.2, 0.25) is 0 Å². The summed E-state index contributed by atoms with van der Waals surface area (Å²) in [6.45, 7) is 3.59. The third-order valence-electron chi connectivity index (χ3n) is 2.96. The lowest BCUT2D eigenvalue weighted by Crippen LogP contribution is -2.28. The van der Waals surface area contributed by atoms with Crippen molar-refractivity contribution >= 4 is 16.9 Å². The molecule has 2 heterocycles. The Labute approximate surface area is 112 Å². The van der Waals surface area contributed by atoms with E-state index in [9.17, 15) is 0 Å². The number of thioether (sulfide) groups is 1. The molecule has 1 aliphatic rings. The molecule has 1 aromatic heterocycles. The van der Waals surface area contributed by atoms with Crippen LogP contribution in [0.3, 0.4) is 0 Å². The maximum absolute atomic E-state index is 5.09. The van der Waals surface area contributed by atoms with Crippen molar-refractivity contribution in [2.24, 2.45) is 4.99 Å². The first-order chi connectivity index (χ1) is 8.79. The van der Waals surface area contributed by atoms with Crippen LogP contribution in [0.25, 0.3) is 0 Å². The lowest BCUT2D eigenvalue weighted by molar-refractivity contribution is 0.188. The van der Waals surface area contributed by atoms with E-state index in [1.165, 1.54) is 11.1 Å². The van der Waals surface area contributed by atoms with Crippen molar-refractivity contribution in [3.05, 3.63) is 29.6 Å². The van der Waals surface area contributed by atoms with Gasteiger partial charge in [0.05, 0.1) is 6.54 Å². The zero-order valence-electron chi connectivity index (χ0n) is 10.8. The second-order valence-electron chi connectivity index (χ2n) is 4.36. The Hall–Kier alpha value is -1.07. The van der Waals surface area contributed by atoms with Gasteiger partial charge in [-0.15, -0.1) is 0 Å². The van der Waals surface area contributed by atoms with Gasteiger partial charge in [0.1, 0.15) is 0 Å². The van der Waals surface area contributed by atoms with E-state index in [1.54, 1.807) is 18.9 Å². The second kappa shape index (κ2) is 6.75. The van der Waals surface area contributed by atoms with Crippen molar-refractivity contribution in [1.82, 2.24) is 10.3 Å². The summed E-state index contributed by atoms with van der Waals surface area (Å²) in [5.74, 6) is 1.08. The molecule has 2 rings (SSSR count). The van der Waals surface area contributed by atoms with Gasteiger partial charge in [0.15, 0.2) is 5.17 Å². The minimum atomic E-state index is 0.490. The monoisotopic (exact) mass is 265 g/mol. The van der Waals surface area contributed by atoms with Crippen LogP contribution in [0.4, 0.5) is 0 Å². The number of aliphatic imine (C=N–C) groups is 1. The van der Waals surface area contributed by atoms with Gasteiger partial charge in [-0.3, -0.25) is 9.98 Å². The van der Waals surface area contributed by atoms with Crippen LogP contribution in [0.1, 0.15) is 17.5 Å². The third-order valence-corrected chi connectivity index (χ3v) is 4.05. The quantitative estimate of drug-likeness (QED) is 0.884. The normalized spacial score (nSPS) is 21.2. The van der Waals surface area contributed by atoms with Gasteiger partial charge in [0.2, 0.25) is 0 Å². The molecule has 0 radical (unpaired) electrons. The molecule has 18 heavy (non-hydrogen) atoms. The van der Waals surface area contributed by atoms with E-state index in [0.717, 1.165) is 23.9 Å². The fourth-order valence-electron chi connectivity index (χ4n) is 1.76. The first-order valence-corrected chi connectivity index (χ1v) is 7.10. The van der Waals surface area contributed by atoms with Gasteiger partial charge < -0.3 is 10.1 Å². The van der Waals surface area contributed by atoms with Crippen molar-refractivity contribution in [2.75, 3.05) is 19.5 Å². The van der Waals surface area contributed by atoms with E-state index in [2.05, 4.69) is 22.2 Å². The molecule has 1 saturated heterocycles. The van der Waals surface area contributed by atoms with Crippen LogP contribution < -0.4 is 5.32 Å². The zero-order chi connectivity index (χ0) is 12.8. The molecule has 1 atom stereocenters. The maximum atomic E-state index is 5.09.